The zero-order valence-electron chi connectivity index (χ0n) is 17.3. The van der Waals surface area contributed by atoms with Crippen molar-refractivity contribution in [1.82, 2.24) is 9.78 Å². The fraction of sp³-hybridized carbons (Fsp3) is 0.435. The number of benzene rings is 1. The number of esters is 2. The number of carbonyl (C=O) groups excluding carboxylic acids is 2. The lowest BCUT2D eigenvalue weighted by atomic mass is 9.87. The summed E-state index contributed by atoms with van der Waals surface area (Å²) in [6.07, 6.45) is 8.36. The summed E-state index contributed by atoms with van der Waals surface area (Å²) in [5, 5.41) is 4.44. The molecule has 0 aliphatic heterocycles. The Morgan fingerprint density at radius 2 is 2.00 bits per heavy atom. The average molecular weight is 396 g/mol. The number of hydrogen-bond acceptors (Lipinski definition) is 5. The number of carbonyl (C=O) groups is 2. The SMILES string of the molecule is COC(=O)CC(C)(C)n1cc(C2=CCC(C(=O)OCc3ccccc3)CC2)cn1. The van der Waals surface area contributed by atoms with Crippen LogP contribution in [0.1, 0.15) is 50.7 Å². The molecule has 1 heterocycles. The van der Waals surface area contributed by atoms with Crippen LogP contribution in [0.2, 0.25) is 0 Å². The molecule has 0 bridgehead atoms. The molecule has 1 aliphatic rings. The van der Waals surface area contributed by atoms with E-state index in [1.165, 1.54) is 12.7 Å². The second-order valence-electron chi connectivity index (χ2n) is 8.03. The monoisotopic (exact) mass is 396 g/mol. The summed E-state index contributed by atoms with van der Waals surface area (Å²) in [6, 6.07) is 9.71. The molecule has 29 heavy (non-hydrogen) atoms. The van der Waals surface area contributed by atoms with E-state index in [0.29, 0.717) is 13.0 Å². The van der Waals surface area contributed by atoms with Crippen LogP contribution in [0, 0.1) is 5.92 Å². The molecule has 0 spiro atoms. The highest BCUT2D eigenvalue weighted by atomic mass is 16.5. The van der Waals surface area contributed by atoms with Crippen molar-refractivity contribution in [3.63, 3.8) is 0 Å². The van der Waals surface area contributed by atoms with Crippen LogP contribution >= 0.6 is 0 Å². The Hall–Kier alpha value is -2.89. The van der Waals surface area contributed by atoms with Gasteiger partial charge in [0, 0.05) is 11.8 Å². The predicted molar refractivity (Wildman–Crippen MR) is 110 cm³/mol. The van der Waals surface area contributed by atoms with Crippen LogP contribution in [0.5, 0.6) is 0 Å². The van der Waals surface area contributed by atoms with E-state index in [2.05, 4.69) is 11.2 Å². The molecule has 0 saturated carbocycles. The van der Waals surface area contributed by atoms with Crippen LogP contribution < -0.4 is 0 Å². The highest BCUT2D eigenvalue weighted by Gasteiger charge is 2.27. The fourth-order valence-corrected chi connectivity index (χ4v) is 3.48. The van der Waals surface area contributed by atoms with Gasteiger partial charge in [0.25, 0.3) is 0 Å². The molecule has 1 aliphatic carbocycles. The molecule has 1 unspecified atom stereocenters. The van der Waals surface area contributed by atoms with E-state index in [1.807, 2.05) is 56.6 Å². The first-order valence-corrected chi connectivity index (χ1v) is 9.91. The van der Waals surface area contributed by atoms with Gasteiger partial charge in [-0.1, -0.05) is 36.4 Å². The lowest BCUT2D eigenvalue weighted by molar-refractivity contribution is -0.150. The molecular weight excluding hydrogens is 368 g/mol. The minimum atomic E-state index is -0.468. The molecule has 0 radical (unpaired) electrons. The second-order valence-corrected chi connectivity index (χ2v) is 8.03. The molecule has 1 atom stereocenters. The third kappa shape index (κ3) is 5.34. The largest absolute Gasteiger partial charge is 0.469 e. The molecule has 0 amide bonds. The number of ether oxygens (including phenoxy) is 2. The van der Waals surface area contributed by atoms with Crippen LogP contribution in [-0.2, 0) is 31.2 Å². The van der Waals surface area contributed by atoms with Crippen molar-refractivity contribution in [2.75, 3.05) is 7.11 Å². The molecule has 0 saturated heterocycles. The van der Waals surface area contributed by atoms with Gasteiger partial charge in [0.05, 0.1) is 31.2 Å². The normalized spacial score (nSPS) is 16.8. The Labute approximate surface area is 171 Å². The van der Waals surface area contributed by atoms with Crippen molar-refractivity contribution in [3.05, 3.63) is 59.9 Å². The molecular formula is C23H28N2O4. The molecule has 3 rings (SSSR count). The molecule has 154 valence electrons. The average Bonchev–Trinajstić information content (AvgIpc) is 3.24. The Kier molecular flexibility index (Phi) is 6.52. The molecule has 0 N–H and O–H groups in total. The van der Waals surface area contributed by atoms with Gasteiger partial charge in [0.15, 0.2) is 0 Å². The number of methoxy groups -OCH3 is 1. The smallest absolute Gasteiger partial charge is 0.309 e. The van der Waals surface area contributed by atoms with Gasteiger partial charge in [-0.25, -0.2) is 0 Å². The summed E-state index contributed by atoms with van der Waals surface area (Å²) in [6.45, 7) is 4.22. The summed E-state index contributed by atoms with van der Waals surface area (Å²) in [4.78, 5) is 24.0. The van der Waals surface area contributed by atoms with Gasteiger partial charge < -0.3 is 9.47 Å². The molecule has 6 nitrogen and oxygen atoms in total. The van der Waals surface area contributed by atoms with Crippen molar-refractivity contribution >= 4 is 17.5 Å². The van der Waals surface area contributed by atoms with Gasteiger partial charge in [-0.05, 0) is 44.2 Å². The van der Waals surface area contributed by atoms with Crippen LogP contribution in [0.3, 0.4) is 0 Å². The van der Waals surface area contributed by atoms with Crippen LogP contribution in [0.15, 0.2) is 48.8 Å². The zero-order chi connectivity index (χ0) is 20.9. The first kappa shape index (κ1) is 20.8. The number of nitrogens with zero attached hydrogens (tertiary/aromatic N) is 2. The Morgan fingerprint density at radius 3 is 2.66 bits per heavy atom. The standard InChI is InChI=1S/C23H28N2O4/c1-23(2,13-21(26)28-3)25-15-20(14-24-25)18-9-11-19(12-10-18)22(27)29-16-17-7-5-4-6-8-17/h4-9,14-15,19H,10-13,16H2,1-3H3. The van der Waals surface area contributed by atoms with E-state index in [1.54, 1.807) is 4.68 Å². The lowest BCUT2D eigenvalue weighted by Crippen LogP contribution is -2.30. The van der Waals surface area contributed by atoms with Crippen molar-refractivity contribution in [1.29, 1.82) is 0 Å². The maximum absolute atomic E-state index is 12.4. The minimum Gasteiger partial charge on any atom is -0.469 e. The number of allylic oxidation sites excluding steroid dienone is 2. The summed E-state index contributed by atoms with van der Waals surface area (Å²) in [5.41, 5.74) is 2.73. The van der Waals surface area contributed by atoms with Gasteiger partial charge in [0.1, 0.15) is 6.61 Å². The van der Waals surface area contributed by atoms with Crippen LogP contribution in [0.25, 0.3) is 5.57 Å². The van der Waals surface area contributed by atoms with Gasteiger partial charge in [0.2, 0.25) is 0 Å². The fourth-order valence-electron chi connectivity index (χ4n) is 3.48. The third-order valence-corrected chi connectivity index (χ3v) is 5.35. The highest BCUT2D eigenvalue weighted by Crippen LogP contribution is 2.32. The maximum Gasteiger partial charge on any atom is 0.309 e. The van der Waals surface area contributed by atoms with Gasteiger partial charge in [-0.2, -0.15) is 5.10 Å². The van der Waals surface area contributed by atoms with Gasteiger partial charge in [-0.3, -0.25) is 14.3 Å². The Morgan fingerprint density at radius 1 is 1.24 bits per heavy atom. The van der Waals surface area contributed by atoms with E-state index in [0.717, 1.165) is 24.0 Å². The van der Waals surface area contributed by atoms with E-state index in [-0.39, 0.29) is 24.3 Å². The first-order valence-electron chi connectivity index (χ1n) is 9.91. The predicted octanol–water partition coefficient (Wildman–Crippen LogP) is 4.11. The minimum absolute atomic E-state index is 0.103. The van der Waals surface area contributed by atoms with E-state index in [4.69, 9.17) is 9.47 Å². The molecule has 1 aromatic heterocycles. The summed E-state index contributed by atoms with van der Waals surface area (Å²) in [5.74, 6) is -0.506. The molecule has 6 heteroatoms. The second kappa shape index (κ2) is 9.07. The quantitative estimate of drug-likeness (QED) is 0.659. The summed E-state index contributed by atoms with van der Waals surface area (Å²) in [7, 11) is 1.39. The Bertz CT molecular complexity index is 883. The first-order chi connectivity index (χ1) is 13.9. The van der Waals surface area contributed by atoms with Gasteiger partial charge in [-0.15, -0.1) is 0 Å². The van der Waals surface area contributed by atoms with Gasteiger partial charge >= 0.3 is 11.9 Å². The maximum atomic E-state index is 12.4. The van der Waals surface area contributed by atoms with E-state index >= 15 is 0 Å². The number of rotatable bonds is 7. The van der Waals surface area contributed by atoms with Crippen LogP contribution in [-0.4, -0.2) is 28.8 Å². The molecule has 2 aromatic rings. The van der Waals surface area contributed by atoms with Crippen molar-refractivity contribution in [2.24, 2.45) is 5.92 Å². The van der Waals surface area contributed by atoms with E-state index in [9.17, 15) is 9.59 Å². The highest BCUT2D eigenvalue weighted by molar-refractivity contribution is 5.75. The molecule has 0 fully saturated rings. The Balaban J connectivity index is 1.57. The molecule has 1 aromatic carbocycles. The summed E-state index contributed by atoms with van der Waals surface area (Å²) < 4.78 is 12.1. The number of hydrogen-bond donors (Lipinski definition) is 0. The van der Waals surface area contributed by atoms with Crippen molar-refractivity contribution in [2.45, 2.75) is 51.7 Å². The zero-order valence-corrected chi connectivity index (χ0v) is 17.3. The van der Waals surface area contributed by atoms with Crippen molar-refractivity contribution in [3.8, 4) is 0 Å². The van der Waals surface area contributed by atoms with Crippen LogP contribution in [0.4, 0.5) is 0 Å². The summed E-state index contributed by atoms with van der Waals surface area (Å²) >= 11 is 0. The topological polar surface area (TPSA) is 70.4 Å². The van der Waals surface area contributed by atoms with E-state index < -0.39 is 5.54 Å². The van der Waals surface area contributed by atoms with Crippen molar-refractivity contribution < 1.29 is 19.1 Å². The number of aromatic nitrogens is 2. The third-order valence-electron chi connectivity index (χ3n) is 5.35. The lowest BCUT2D eigenvalue weighted by Gasteiger charge is -2.24.